The fraction of sp³-hybridized carbons (Fsp3) is 0.632. The molecule has 4 nitrogen and oxygen atoms in total. The van der Waals surface area contributed by atoms with Gasteiger partial charge >= 0.3 is 0 Å². The number of rotatable bonds is 4. The molecular formula is C19H28BrClN2O2. The third-order valence-electron chi connectivity index (χ3n) is 5.51. The molecule has 1 saturated carbocycles. The predicted molar refractivity (Wildman–Crippen MR) is 106 cm³/mol. The van der Waals surface area contributed by atoms with Crippen LogP contribution in [-0.2, 0) is 9.53 Å². The second kappa shape index (κ2) is 9.36. The van der Waals surface area contributed by atoms with Crippen molar-refractivity contribution in [2.75, 3.05) is 26.2 Å². The lowest BCUT2D eigenvalue weighted by molar-refractivity contribution is -0.142. The van der Waals surface area contributed by atoms with Crippen LogP contribution in [0.25, 0.3) is 0 Å². The zero-order valence-corrected chi connectivity index (χ0v) is 17.0. The molecule has 1 saturated heterocycles. The van der Waals surface area contributed by atoms with Crippen molar-refractivity contribution < 1.29 is 9.53 Å². The molecular weight excluding hydrogens is 404 g/mol. The van der Waals surface area contributed by atoms with Crippen molar-refractivity contribution in [1.82, 2.24) is 4.90 Å². The van der Waals surface area contributed by atoms with E-state index in [-0.39, 0.29) is 29.8 Å². The van der Waals surface area contributed by atoms with E-state index in [9.17, 15) is 4.79 Å². The molecule has 0 bridgehead atoms. The highest BCUT2D eigenvalue weighted by molar-refractivity contribution is 9.10. The summed E-state index contributed by atoms with van der Waals surface area (Å²) in [4.78, 5) is 14.9. The van der Waals surface area contributed by atoms with E-state index in [0.717, 1.165) is 22.9 Å². The summed E-state index contributed by atoms with van der Waals surface area (Å²) in [5, 5.41) is 0. The molecule has 0 spiro atoms. The van der Waals surface area contributed by atoms with Gasteiger partial charge in [0.1, 0.15) is 6.10 Å². The first-order valence-corrected chi connectivity index (χ1v) is 9.76. The molecule has 2 aliphatic rings. The monoisotopic (exact) mass is 430 g/mol. The van der Waals surface area contributed by atoms with E-state index in [0.29, 0.717) is 32.7 Å². The number of halogens is 2. The van der Waals surface area contributed by atoms with Crippen LogP contribution in [0.3, 0.4) is 0 Å². The van der Waals surface area contributed by atoms with Crippen molar-refractivity contribution in [2.24, 2.45) is 11.1 Å². The maximum absolute atomic E-state index is 12.9. The maximum Gasteiger partial charge on any atom is 0.223 e. The van der Waals surface area contributed by atoms with Crippen molar-refractivity contribution in [3.05, 3.63) is 34.3 Å². The van der Waals surface area contributed by atoms with Crippen molar-refractivity contribution in [3.8, 4) is 0 Å². The largest absolute Gasteiger partial charge is 0.370 e. The molecule has 25 heavy (non-hydrogen) atoms. The maximum atomic E-state index is 12.9. The zero-order valence-electron chi connectivity index (χ0n) is 14.6. The molecule has 1 aliphatic heterocycles. The molecule has 1 heterocycles. The number of ether oxygens (including phenoxy) is 1. The Morgan fingerprint density at radius 1 is 1.32 bits per heavy atom. The number of amides is 1. The Bertz CT molecular complexity index is 578. The lowest BCUT2D eigenvalue weighted by atomic mass is 9.71. The van der Waals surface area contributed by atoms with E-state index in [2.05, 4.69) is 28.1 Å². The van der Waals surface area contributed by atoms with Crippen molar-refractivity contribution in [2.45, 2.75) is 44.6 Å². The summed E-state index contributed by atoms with van der Waals surface area (Å²) < 4.78 is 6.94. The van der Waals surface area contributed by atoms with Crippen molar-refractivity contribution in [1.29, 1.82) is 0 Å². The normalized spacial score (nSPS) is 23.0. The average Bonchev–Trinajstić information content (AvgIpc) is 2.62. The Morgan fingerprint density at radius 2 is 2.08 bits per heavy atom. The molecule has 1 unspecified atom stereocenters. The number of morpholine rings is 1. The Balaban J connectivity index is 0.00000225. The van der Waals surface area contributed by atoms with Crippen LogP contribution in [0.4, 0.5) is 0 Å². The zero-order chi connectivity index (χ0) is 17.0. The van der Waals surface area contributed by atoms with Crippen LogP contribution < -0.4 is 5.73 Å². The van der Waals surface area contributed by atoms with Gasteiger partial charge in [-0.15, -0.1) is 12.4 Å². The number of carbonyl (C=O) groups is 1. The van der Waals surface area contributed by atoms with E-state index in [1.165, 1.54) is 19.3 Å². The van der Waals surface area contributed by atoms with E-state index in [1.54, 1.807) is 0 Å². The molecule has 1 aromatic carbocycles. The first-order valence-electron chi connectivity index (χ1n) is 8.97. The third kappa shape index (κ3) is 5.19. The molecule has 6 heteroatoms. The summed E-state index contributed by atoms with van der Waals surface area (Å²) in [5.74, 6) is 0.241. The highest BCUT2D eigenvalue weighted by Crippen LogP contribution is 2.39. The van der Waals surface area contributed by atoms with Gasteiger partial charge in [-0.1, -0.05) is 47.3 Å². The molecule has 140 valence electrons. The predicted octanol–water partition coefficient (Wildman–Crippen LogP) is 4.07. The summed E-state index contributed by atoms with van der Waals surface area (Å²) in [6, 6.07) is 8.14. The van der Waals surface area contributed by atoms with Gasteiger partial charge in [-0.05, 0) is 42.5 Å². The fourth-order valence-electron chi connectivity index (χ4n) is 3.97. The fourth-order valence-corrected chi connectivity index (χ4v) is 4.39. The van der Waals surface area contributed by atoms with Crippen LogP contribution >= 0.6 is 28.3 Å². The number of nitrogens with two attached hydrogens (primary N) is 1. The van der Waals surface area contributed by atoms with E-state index in [1.807, 2.05) is 17.0 Å². The standard InChI is InChI=1S/C19H27BrN2O2.ClH/c20-16-6-4-5-15(11-16)17-13-22(9-10-24-17)18(23)12-19(14-21)7-2-1-3-8-19;/h4-6,11,17H,1-3,7-10,12-14,21H2;1H. The SMILES string of the molecule is Cl.NCC1(CC(=O)N2CCOC(c3cccc(Br)c3)C2)CCCCC1. The Kier molecular flexibility index (Phi) is 7.74. The summed E-state index contributed by atoms with van der Waals surface area (Å²) in [7, 11) is 0. The van der Waals surface area contributed by atoms with E-state index >= 15 is 0 Å². The number of benzene rings is 1. The second-order valence-electron chi connectivity index (χ2n) is 7.20. The van der Waals surface area contributed by atoms with Gasteiger partial charge in [0.25, 0.3) is 0 Å². The van der Waals surface area contributed by atoms with Gasteiger partial charge in [-0.25, -0.2) is 0 Å². The topological polar surface area (TPSA) is 55.6 Å². The molecule has 0 aromatic heterocycles. The summed E-state index contributed by atoms with van der Waals surface area (Å²) >= 11 is 3.50. The summed E-state index contributed by atoms with van der Waals surface area (Å²) in [5.41, 5.74) is 7.20. The smallest absolute Gasteiger partial charge is 0.223 e. The Hall–Kier alpha value is -0.620. The third-order valence-corrected chi connectivity index (χ3v) is 6.01. The molecule has 1 atom stereocenters. The minimum Gasteiger partial charge on any atom is -0.370 e. The summed E-state index contributed by atoms with van der Waals surface area (Å²) in [6.45, 7) is 2.54. The van der Waals surface area contributed by atoms with Crippen molar-refractivity contribution >= 4 is 34.2 Å². The highest BCUT2D eigenvalue weighted by Gasteiger charge is 2.35. The second-order valence-corrected chi connectivity index (χ2v) is 8.11. The van der Waals surface area contributed by atoms with Crippen LogP contribution in [0.2, 0.25) is 0 Å². The van der Waals surface area contributed by atoms with Gasteiger partial charge in [0.05, 0.1) is 13.2 Å². The molecule has 3 rings (SSSR count). The van der Waals surface area contributed by atoms with Crippen LogP contribution in [-0.4, -0.2) is 37.0 Å². The molecule has 1 aliphatic carbocycles. The van der Waals surface area contributed by atoms with E-state index < -0.39 is 0 Å². The number of nitrogens with zero attached hydrogens (tertiary/aromatic N) is 1. The molecule has 0 radical (unpaired) electrons. The highest BCUT2D eigenvalue weighted by atomic mass is 79.9. The van der Waals surface area contributed by atoms with Gasteiger partial charge < -0.3 is 15.4 Å². The van der Waals surface area contributed by atoms with Gasteiger partial charge in [-0.3, -0.25) is 4.79 Å². The van der Waals surface area contributed by atoms with Crippen LogP contribution in [0.1, 0.15) is 50.2 Å². The lowest BCUT2D eigenvalue weighted by Crippen LogP contribution is -2.45. The van der Waals surface area contributed by atoms with Gasteiger partial charge in [0, 0.05) is 17.4 Å². The van der Waals surface area contributed by atoms with Gasteiger partial charge in [0.2, 0.25) is 5.91 Å². The molecule has 1 amide bonds. The number of hydrogen-bond acceptors (Lipinski definition) is 3. The van der Waals surface area contributed by atoms with Gasteiger partial charge in [0.15, 0.2) is 0 Å². The number of carbonyl (C=O) groups excluding carboxylic acids is 1. The van der Waals surface area contributed by atoms with Crippen LogP contribution in [0.15, 0.2) is 28.7 Å². The minimum atomic E-state index is -0.0413. The Morgan fingerprint density at radius 3 is 2.76 bits per heavy atom. The van der Waals surface area contributed by atoms with Gasteiger partial charge in [-0.2, -0.15) is 0 Å². The molecule has 1 aromatic rings. The van der Waals surface area contributed by atoms with Crippen LogP contribution in [0.5, 0.6) is 0 Å². The lowest BCUT2D eigenvalue weighted by Gasteiger charge is -2.39. The average molecular weight is 432 g/mol. The van der Waals surface area contributed by atoms with Crippen molar-refractivity contribution in [3.63, 3.8) is 0 Å². The summed E-state index contributed by atoms with van der Waals surface area (Å²) in [6.07, 6.45) is 6.42. The quantitative estimate of drug-likeness (QED) is 0.782. The van der Waals surface area contributed by atoms with E-state index in [4.69, 9.17) is 10.5 Å². The first-order chi connectivity index (χ1) is 11.6. The van der Waals surface area contributed by atoms with Crippen LogP contribution in [0, 0.1) is 5.41 Å². The molecule has 2 N–H and O–H groups in total. The number of hydrogen-bond donors (Lipinski definition) is 1. The molecule has 2 fully saturated rings. The Labute approximate surface area is 165 Å². The minimum absolute atomic E-state index is 0. The first kappa shape index (κ1) is 20.7.